The first-order valence-corrected chi connectivity index (χ1v) is 6.85. The van der Waals surface area contributed by atoms with Gasteiger partial charge in [0.25, 0.3) is 5.91 Å². The second kappa shape index (κ2) is 5.65. The molecule has 16 heavy (non-hydrogen) atoms. The van der Waals surface area contributed by atoms with Crippen LogP contribution in [0.25, 0.3) is 0 Å². The normalized spacial score (nSPS) is 12.9. The van der Waals surface area contributed by atoms with Gasteiger partial charge in [0.05, 0.1) is 5.69 Å². The van der Waals surface area contributed by atoms with Crippen LogP contribution in [0.1, 0.15) is 30.0 Å². The van der Waals surface area contributed by atoms with E-state index in [1.54, 1.807) is 17.8 Å². The van der Waals surface area contributed by atoms with Crippen LogP contribution in [0.5, 0.6) is 0 Å². The highest BCUT2D eigenvalue weighted by Crippen LogP contribution is 2.08. The Kier molecular flexibility index (Phi) is 4.76. The lowest BCUT2D eigenvalue weighted by Gasteiger charge is -2.19. The number of carbonyl (C=O) groups excluding carboxylic acids is 1. The van der Waals surface area contributed by atoms with E-state index in [2.05, 4.69) is 46.9 Å². The van der Waals surface area contributed by atoms with Gasteiger partial charge in [-0.15, -0.1) is 0 Å². The van der Waals surface area contributed by atoms with Crippen molar-refractivity contribution in [1.29, 1.82) is 0 Å². The summed E-state index contributed by atoms with van der Waals surface area (Å²) >= 11 is 2.29. The molecule has 4 nitrogen and oxygen atoms in total. The Morgan fingerprint density at radius 3 is 2.62 bits per heavy atom. The first-order chi connectivity index (χ1) is 7.45. The molecule has 0 aliphatic heterocycles. The van der Waals surface area contributed by atoms with Crippen LogP contribution in [0.2, 0.25) is 0 Å². The predicted molar refractivity (Wildman–Crippen MR) is 72.9 cm³/mol. The maximum atomic E-state index is 12.0. The van der Waals surface area contributed by atoms with Gasteiger partial charge in [-0.2, -0.15) is 5.10 Å². The second-order valence-corrected chi connectivity index (χ2v) is 5.15. The minimum atomic E-state index is -0.0431. The van der Waals surface area contributed by atoms with Gasteiger partial charge in [-0.1, -0.05) is 36.4 Å². The molecular weight excluding hydrogens is 317 g/mol. The number of carbonyl (C=O) groups is 1. The Labute approximate surface area is 110 Å². The number of hydrogen-bond donors (Lipinski definition) is 1. The number of nitrogens with one attached hydrogen (secondary N) is 1. The van der Waals surface area contributed by atoms with Gasteiger partial charge in [0.15, 0.2) is 0 Å². The fraction of sp³-hybridized carbons (Fsp3) is 0.636. The highest BCUT2D eigenvalue weighted by atomic mass is 127. The Hall–Kier alpha value is -0.590. The molecule has 0 radical (unpaired) electrons. The molecule has 5 heteroatoms. The molecule has 1 aromatic heterocycles. The Bertz CT molecular complexity index is 373. The van der Waals surface area contributed by atoms with Crippen LogP contribution >= 0.6 is 22.6 Å². The third-order valence-corrected chi connectivity index (χ3v) is 3.47. The smallest absolute Gasteiger partial charge is 0.269 e. The average molecular weight is 335 g/mol. The maximum absolute atomic E-state index is 12.0. The van der Waals surface area contributed by atoms with Crippen molar-refractivity contribution in [2.24, 2.45) is 13.0 Å². The van der Waals surface area contributed by atoms with Crippen LogP contribution in [-0.2, 0) is 7.05 Å². The second-order valence-electron chi connectivity index (χ2n) is 4.27. The van der Waals surface area contributed by atoms with Crippen molar-refractivity contribution in [3.05, 3.63) is 17.5 Å². The molecule has 0 aliphatic carbocycles. The molecule has 0 spiro atoms. The van der Waals surface area contributed by atoms with Crippen molar-refractivity contribution >= 4 is 28.5 Å². The minimum Gasteiger partial charge on any atom is -0.347 e. The molecule has 1 unspecified atom stereocenters. The fourth-order valence-electron chi connectivity index (χ4n) is 1.45. The molecule has 1 rings (SSSR count). The summed E-state index contributed by atoms with van der Waals surface area (Å²) in [5, 5.41) is 7.19. The van der Waals surface area contributed by atoms with E-state index in [0.717, 1.165) is 10.1 Å². The van der Waals surface area contributed by atoms with E-state index in [4.69, 9.17) is 0 Å². The van der Waals surface area contributed by atoms with E-state index < -0.39 is 0 Å². The molecule has 0 saturated carbocycles. The van der Waals surface area contributed by atoms with Crippen LogP contribution in [0.15, 0.2) is 6.07 Å². The third-order valence-electron chi connectivity index (χ3n) is 2.52. The van der Waals surface area contributed by atoms with Crippen LogP contribution < -0.4 is 5.32 Å². The van der Waals surface area contributed by atoms with Gasteiger partial charge in [-0.25, -0.2) is 0 Å². The Morgan fingerprint density at radius 2 is 2.25 bits per heavy atom. The summed E-state index contributed by atoms with van der Waals surface area (Å²) in [5.41, 5.74) is 1.48. The quantitative estimate of drug-likeness (QED) is 0.675. The van der Waals surface area contributed by atoms with Crippen molar-refractivity contribution < 1.29 is 4.79 Å². The molecule has 0 aliphatic rings. The molecule has 0 saturated heterocycles. The molecule has 0 fully saturated rings. The van der Waals surface area contributed by atoms with E-state index in [-0.39, 0.29) is 11.9 Å². The Balaban J connectivity index is 2.75. The number of halogens is 1. The van der Waals surface area contributed by atoms with E-state index >= 15 is 0 Å². The zero-order chi connectivity index (χ0) is 12.3. The van der Waals surface area contributed by atoms with Gasteiger partial charge in [0.1, 0.15) is 5.69 Å². The summed E-state index contributed by atoms with van der Waals surface area (Å²) in [5.74, 6) is 0.397. The van der Waals surface area contributed by atoms with E-state index in [0.29, 0.717) is 11.6 Å². The number of hydrogen-bond acceptors (Lipinski definition) is 2. The fourth-order valence-corrected chi connectivity index (χ4v) is 2.69. The summed E-state index contributed by atoms with van der Waals surface area (Å²) in [4.78, 5) is 12.0. The molecular formula is C11H18IN3O. The largest absolute Gasteiger partial charge is 0.347 e. The standard InChI is InChI=1S/C11H18IN3O/c1-7(2)9(6-12)13-11(16)10-5-8(3)14-15(10)4/h5,7,9H,6H2,1-4H3,(H,13,16). The lowest BCUT2D eigenvalue weighted by molar-refractivity contribution is 0.0922. The van der Waals surface area contributed by atoms with Crippen molar-refractivity contribution in [3.8, 4) is 0 Å². The van der Waals surface area contributed by atoms with Crippen LogP contribution in [0.3, 0.4) is 0 Å². The average Bonchev–Trinajstić information content (AvgIpc) is 2.53. The molecule has 90 valence electrons. The highest BCUT2D eigenvalue weighted by molar-refractivity contribution is 14.1. The van der Waals surface area contributed by atoms with Crippen LogP contribution in [-0.4, -0.2) is 26.2 Å². The van der Waals surface area contributed by atoms with Gasteiger partial charge in [0.2, 0.25) is 0 Å². The van der Waals surface area contributed by atoms with Gasteiger partial charge >= 0.3 is 0 Å². The SMILES string of the molecule is Cc1cc(C(=O)NC(CI)C(C)C)n(C)n1. The van der Waals surface area contributed by atoms with Gasteiger partial charge < -0.3 is 5.32 Å². The molecule has 0 aromatic carbocycles. The van der Waals surface area contributed by atoms with Crippen molar-refractivity contribution in [2.75, 3.05) is 4.43 Å². The molecule has 1 atom stereocenters. The third kappa shape index (κ3) is 3.20. The topological polar surface area (TPSA) is 46.9 Å². The van der Waals surface area contributed by atoms with Crippen LogP contribution in [0, 0.1) is 12.8 Å². The number of alkyl halides is 1. The number of rotatable bonds is 4. The zero-order valence-electron chi connectivity index (χ0n) is 10.1. The number of aromatic nitrogens is 2. The van der Waals surface area contributed by atoms with Crippen LogP contribution in [0.4, 0.5) is 0 Å². The highest BCUT2D eigenvalue weighted by Gasteiger charge is 2.18. The molecule has 1 aromatic rings. The van der Waals surface area contributed by atoms with Gasteiger partial charge in [-0.05, 0) is 18.9 Å². The maximum Gasteiger partial charge on any atom is 0.269 e. The molecule has 1 heterocycles. The lowest BCUT2D eigenvalue weighted by Crippen LogP contribution is -2.40. The Morgan fingerprint density at radius 1 is 1.62 bits per heavy atom. The summed E-state index contributed by atoms with van der Waals surface area (Å²) in [6, 6.07) is 2.02. The first kappa shape index (κ1) is 13.5. The van der Waals surface area contributed by atoms with Crippen molar-refractivity contribution in [2.45, 2.75) is 26.8 Å². The minimum absolute atomic E-state index is 0.0431. The first-order valence-electron chi connectivity index (χ1n) is 5.33. The van der Waals surface area contributed by atoms with Gasteiger partial charge in [-0.3, -0.25) is 9.48 Å². The van der Waals surface area contributed by atoms with Crippen molar-refractivity contribution in [3.63, 3.8) is 0 Å². The molecule has 0 bridgehead atoms. The van der Waals surface area contributed by atoms with Crippen molar-refractivity contribution in [1.82, 2.24) is 15.1 Å². The monoisotopic (exact) mass is 335 g/mol. The zero-order valence-corrected chi connectivity index (χ0v) is 12.3. The number of aryl methyl sites for hydroxylation is 2. The lowest BCUT2D eigenvalue weighted by atomic mass is 10.1. The summed E-state index contributed by atoms with van der Waals surface area (Å²) in [6.45, 7) is 6.10. The predicted octanol–water partition coefficient (Wildman–Crippen LogP) is 1.92. The number of amides is 1. The van der Waals surface area contributed by atoms with E-state index in [9.17, 15) is 4.79 Å². The molecule has 1 N–H and O–H groups in total. The number of nitrogens with zero attached hydrogens (tertiary/aromatic N) is 2. The van der Waals surface area contributed by atoms with E-state index in [1.807, 2.05) is 6.92 Å². The summed E-state index contributed by atoms with van der Waals surface area (Å²) < 4.78 is 2.53. The van der Waals surface area contributed by atoms with Gasteiger partial charge in [0, 0.05) is 17.5 Å². The molecule has 1 amide bonds. The summed E-state index contributed by atoms with van der Waals surface area (Å²) in [6.07, 6.45) is 0. The summed E-state index contributed by atoms with van der Waals surface area (Å²) in [7, 11) is 1.79. The van der Waals surface area contributed by atoms with E-state index in [1.165, 1.54) is 0 Å².